The van der Waals surface area contributed by atoms with E-state index in [1.165, 1.54) is 25.7 Å². The molecule has 4 heteroatoms. The van der Waals surface area contributed by atoms with E-state index in [-0.39, 0.29) is 5.91 Å². The monoisotopic (exact) mass is 315 g/mol. The molecule has 0 spiro atoms. The van der Waals surface area contributed by atoms with Gasteiger partial charge in [0.05, 0.1) is 0 Å². The van der Waals surface area contributed by atoms with Crippen LogP contribution in [0.4, 0.5) is 11.4 Å². The summed E-state index contributed by atoms with van der Waals surface area (Å²) in [5, 5.41) is 6.30. The molecule has 1 amide bonds. The molecule has 2 N–H and O–H groups in total. The third-order valence-electron chi connectivity index (χ3n) is 4.20. The molecule has 126 valence electrons. The van der Waals surface area contributed by atoms with Crippen LogP contribution in [0.15, 0.2) is 35.9 Å². The van der Waals surface area contributed by atoms with E-state index in [0.29, 0.717) is 6.42 Å². The summed E-state index contributed by atoms with van der Waals surface area (Å²) >= 11 is 0. The number of anilines is 2. The van der Waals surface area contributed by atoms with E-state index in [9.17, 15) is 4.79 Å². The Morgan fingerprint density at radius 1 is 1.13 bits per heavy atom. The summed E-state index contributed by atoms with van der Waals surface area (Å²) in [7, 11) is 4.01. The van der Waals surface area contributed by atoms with Gasteiger partial charge >= 0.3 is 0 Å². The lowest BCUT2D eigenvalue weighted by Gasteiger charge is -2.13. The Morgan fingerprint density at radius 2 is 1.91 bits per heavy atom. The third-order valence-corrected chi connectivity index (χ3v) is 4.20. The van der Waals surface area contributed by atoms with Crippen molar-refractivity contribution < 1.29 is 4.79 Å². The van der Waals surface area contributed by atoms with Gasteiger partial charge in [-0.1, -0.05) is 11.6 Å². The highest BCUT2D eigenvalue weighted by Crippen LogP contribution is 2.19. The molecule has 0 unspecified atom stereocenters. The first-order valence-corrected chi connectivity index (χ1v) is 8.61. The highest BCUT2D eigenvalue weighted by atomic mass is 16.1. The zero-order valence-corrected chi connectivity index (χ0v) is 14.4. The van der Waals surface area contributed by atoms with Gasteiger partial charge in [0.2, 0.25) is 5.91 Å². The predicted octanol–water partition coefficient (Wildman–Crippen LogP) is 3.56. The minimum atomic E-state index is 0.0620. The molecule has 23 heavy (non-hydrogen) atoms. The molecule has 0 saturated heterocycles. The molecule has 1 aromatic rings. The van der Waals surface area contributed by atoms with E-state index in [0.717, 1.165) is 30.9 Å². The number of nitrogens with zero attached hydrogens (tertiary/aromatic N) is 1. The lowest BCUT2D eigenvalue weighted by Crippen LogP contribution is -2.23. The molecule has 0 radical (unpaired) electrons. The van der Waals surface area contributed by atoms with Crippen molar-refractivity contribution in [2.24, 2.45) is 0 Å². The summed E-state index contributed by atoms with van der Waals surface area (Å²) in [6.07, 6.45) is 9.18. The van der Waals surface area contributed by atoms with Gasteiger partial charge in [0.15, 0.2) is 0 Å². The molecular weight excluding hydrogens is 286 g/mol. The smallest absolute Gasteiger partial charge is 0.225 e. The zero-order valence-electron chi connectivity index (χ0n) is 14.4. The predicted molar refractivity (Wildman–Crippen MR) is 98.1 cm³/mol. The first-order chi connectivity index (χ1) is 11.1. The van der Waals surface area contributed by atoms with Crippen LogP contribution in [0.5, 0.6) is 0 Å². The number of amides is 1. The van der Waals surface area contributed by atoms with Crippen molar-refractivity contribution in [3.63, 3.8) is 0 Å². The van der Waals surface area contributed by atoms with E-state index in [1.54, 1.807) is 5.57 Å². The van der Waals surface area contributed by atoms with Gasteiger partial charge in [0.1, 0.15) is 0 Å². The van der Waals surface area contributed by atoms with Gasteiger partial charge in [0, 0.05) is 38.4 Å². The van der Waals surface area contributed by atoms with Crippen LogP contribution in [0.1, 0.15) is 38.5 Å². The van der Waals surface area contributed by atoms with Gasteiger partial charge in [-0.25, -0.2) is 0 Å². The van der Waals surface area contributed by atoms with Crippen LogP contribution >= 0.6 is 0 Å². The number of carbonyl (C=O) groups is 1. The second-order valence-corrected chi connectivity index (χ2v) is 6.35. The number of rotatable bonds is 8. The number of carbonyl (C=O) groups excluding carboxylic acids is 1. The molecule has 0 aromatic heterocycles. The standard InChI is InChI=1S/C19H29N3O/c1-22(2)18-10-8-17(9-11-18)21-19(23)13-15-20-14-12-16-6-4-3-5-7-16/h6,8-11,20H,3-5,7,12-15H2,1-2H3,(H,21,23). The first-order valence-electron chi connectivity index (χ1n) is 8.61. The molecule has 0 bridgehead atoms. The number of benzene rings is 1. The SMILES string of the molecule is CN(C)c1ccc(NC(=O)CCNCCC2=CCCCC2)cc1. The Morgan fingerprint density at radius 3 is 2.57 bits per heavy atom. The fourth-order valence-electron chi connectivity index (χ4n) is 2.77. The first kappa shape index (κ1) is 17.5. The van der Waals surface area contributed by atoms with Crippen LogP contribution in [-0.2, 0) is 4.79 Å². The van der Waals surface area contributed by atoms with Gasteiger partial charge in [-0.05, 0) is 62.9 Å². The lowest BCUT2D eigenvalue weighted by molar-refractivity contribution is -0.116. The highest BCUT2D eigenvalue weighted by Gasteiger charge is 2.05. The van der Waals surface area contributed by atoms with Crippen LogP contribution in [-0.4, -0.2) is 33.1 Å². The average molecular weight is 315 g/mol. The fourth-order valence-corrected chi connectivity index (χ4v) is 2.77. The van der Waals surface area contributed by atoms with Gasteiger partial charge in [-0.15, -0.1) is 0 Å². The second-order valence-electron chi connectivity index (χ2n) is 6.35. The maximum Gasteiger partial charge on any atom is 0.225 e. The minimum Gasteiger partial charge on any atom is -0.378 e. The summed E-state index contributed by atoms with van der Waals surface area (Å²) in [4.78, 5) is 14.0. The molecule has 0 fully saturated rings. The second kappa shape index (κ2) is 9.36. The third kappa shape index (κ3) is 6.45. The molecule has 2 rings (SSSR count). The summed E-state index contributed by atoms with van der Waals surface area (Å²) in [6.45, 7) is 1.70. The van der Waals surface area contributed by atoms with Gasteiger partial charge in [-0.2, -0.15) is 0 Å². The largest absolute Gasteiger partial charge is 0.378 e. The Bertz CT molecular complexity index is 520. The summed E-state index contributed by atoms with van der Waals surface area (Å²) in [5.74, 6) is 0.0620. The molecule has 1 aromatic carbocycles. The van der Waals surface area contributed by atoms with Crippen molar-refractivity contribution in [3.05, 3.63) is 35.9 Å². The Labute approximate surface area is 140 Å². The fraction of sp³-hybridized carbons (Fsp3) is 0.526. The molecular formula is C19H29N3O. The molecule has 0 heterocycles. The number of hydrogen-bond donors (Lipinski definition) is 2. The maximum atomic E-state index is 11.9. The van der Waals surface area contributed by atoms with E-state index >= 15 is 0 Å². The number of nitrogens with one attached hydrogen (secondary N) is 2. The van der Waals surface area contributed by atoms with Crippen molar-refractivity contribution in [3.8, 4) is 0 Å². The van der Waals surface area contributed by atoms with Crippen LogP contribution in [0, 0.1) is 0 Å². The van der Waals surface area contributed by atoms with Crippen molar-refractivity contribution in [1.29, 1.82) is 0 Å². The van der Waals surface area contributed by atoms with E-state index in [2.05, 4.69) is 16.7 Å². The summed E-state index contributed by atoms with van der Waals surface area (Å²) < 4.78 is 0. The molecule has 1 aliphatic rings. The normalized spacial score (nSPS) is 14.3. The van der Waals surface area contributed by atoms with Gasteiger partial charge in [-0.3, -0.25) is 4.79 Å². The Kier molecular flexibility index (Phi) is 7.14. The zero-order chi connectivity index (χ0) is 16.5. The van der Waals surface area contributed by atoms with Gasteiger partial charge in [0.25, 0.3) is 0 Å². The maximum absolute atomic E-state index is 11.9. The summed E-state index contributed by atoms with van der Waals surface area (Å²) in [6, 6.07) is 7.89. The minimum absolute atomic E-state index is 0.0620. The molecule has 1 aliphatic carbocycles. The van der Waals surface area contributed by atoms with E-state index in [1.807, 2.05) is 43.3 Å². The quantitative estimate of drug-likeness (QED) is 0.569. The molecule has 0 atom stereocenters. The number of hydrogen-bond acceptors (Lipinski definition) is 3. The van der Waals surface area contributed by atoms with Crippen LogP contribution < -0.4 is 15.5 Å². The molecule has 0 aliphatic heterocycles. The van der Waals surface area contributed by atoms with Crippen LogP contribution in [0.3, 0.4) is 0 Å². The van der Waals surface area contributed by atoms with Gasteiger partial charge < -0.3 is 15.5 Å². The van der Waals surface area contributed by atoms with E-state index in [4.69, 9.17) is 0 Å². The topological polar surface area (TPSA) is 44.4 Å². The molecule has 4 nitrogen and oxygen atoms in total. The van der Waals surface area contributed by atoms with Crippen molar-refractivity contribution in [2.45, 2.75) is 38.5 Å². The Balaban J connectivity index is 1.60. The summed E-state index contributed by atoms with van der Waals surface area (Å²) in [5.41, 5.74) is 3.56. The Hall–Kier alpha value is -1.81. The van der Waals surface area contributed by atoms with Crippen molar-refractivity contribution in [2.75, 3.05) is 37.4 Å². The molecule has 0 saturated carbocycles. The van der Waals surface area contributed by atoms with Crippen LogP contribution in [0.25, 0.3) is 0 Å². The number of allylic oxidation sites excluding steroid dienone is 1. The van der Waals surface area contributed by atoms with E-state index < -0.39 is 0 Å². The van der Waals surface area contributed by atoms with Crippen LogP contribution in [0.2, 0.25) is 0 Å². The van der Waals surface area contributed by atoms with Crippen molar-refractivity contribution in [1.82, 2.24) is 5.32 Å². The average Bonchev–Trinajstić information content (AvgIpc) is 2.56. The van der Waals surface area contributed by atoms with Crippen molar-refractivity contribution >= 4 is 17.3 Å². The lowest BCUT2D eigenvalue weighted by atomic mass is 9.97. The highest BCUT2D eigenvalue weighted by molar-refractivity contribution is 5.91.